The molecule has 4 aromatic heterocycles. The van der Waals surface area contributed by atoms with Crippen molar-refractivity contribution in [1.29, 1.82) is 0 Å². The summed E-state index contributed by atoms with van der Waals surface area (Å²) in [4.78, 5) is 27.2. The van der Waals surface area contributed by atoms with Crippen LogP contribution in [-0.4, -0.2) is 50.7 Å². The summed E-state index contributed by atoms with van der Waals surface area (Å²) < 4.78 is 5.45. The number of carbonyl (C=O) groups excluding carboxylic acids is 2. The molecule has 1 aliphatic carbocycles. The third-order valence-corrected chi connectivity index (χ3v) is 4.24. The van der Waals surface area contributed by atoms with Gasteiger partial charge in [-0.25, -0.2) is 18.7 Å². The van der Waals surface area contributed by atoms with Crippen LogP contribution in [0.2, 0.25) is 0 Å². The van der Waals surface area contributed by atoms with Crippen molar-refractivity contribution < 1.29 is 9.59 Å². The molecule has 0 atom stereocenters. The quantitative estimate of drug-likeness (QED) is 0.495. The highest BCUT2D eigenvalue weighted by Gasteiger charge is 2.39. The van der Waals surface area contributed by atoms with E-state index < -0.39 is 11.6 Å². The summed E-state index contributed by atoms with van der Waals surface area (Å²) in [5, 5.41) is 16.6. The van der Waals surface area contributed by atoms with Gasteiger partial charge in [-0.15, -0.1) is 0 Å². The van der Waals surface area contributed by atoms with E-state index in [2.05, 4.69) is 20.4 Å². The number of aromatic nitrogens is 8. The maximum absolute atomic E-state index is 13.6. The van der Waals surface area contributed by atoms with Crippen LogP contribution in [0.5, 0.6) is 0 Å². The average molecular weight is 372 g/mol. The van der Waals surface area contributed by atoms with Gasteiger partial charge in [-0.05, 0) is 24.3 Å². The summed E-state index contributed by atoms with van der Waals surface area (Å²) in [5.41, 5.74) is 0.334. The zero-order chi connectivity index (χ0) is 19.1. The molecule has 4 heterocycles. The van der Waals surface area contributed by atoms with E-state index in [9.17, 15) is 9.59 Å². The Labute approximate surface area is 157 Å². The molecule has 0 saturated heterocycles. The van der Waals surface area contributed by atoms with Crippen LogP contribution in [0.3, 0.4) is 0 Å². The van der Waals surface area contributed by atoms with Crippen LogP contribution in [0.4, 0.5) is 0 Å². The molecule has 0 bridgehead atoms. The van der Waals surface area contributed by atoms with Gasteiger partial charge in [0.15, 0.2) is 0 Å². The average Bonchev–Trinajstić information content (AvgIpc) is 3.51. The van der Waals surface area contributed by atoms with Crippen molar-refractivity contribution in [1.82, 2.24) is 39.1 Å². The number of hydrogen-bond donors (Lipinski definition) is 0. The predicted octanol–water partition coefficient (Wildman–Crippen LogP) is 0.976. The molecule has 0 fully saturated rings. The van der Waals surface area contributed by atoms with Crippen molar-refractivity contribution in [3.05, 3.63) is 73.8 Å². The fourth-order valence-electron chi connectivity index (χ4n) is 3.11. The number of nitrogens with zero attached hydrogens (tertiary/aromatic N) is 8. The van der Waals surface area contributed by atoms with Gasteiger partial charge in [-0.1, -0.05) is 0 Å². The van der Waals surface area contributed by atoms with E-state index in [1.165, 1.54) is 43.5 Å². The van der Waals surface area contributed by atoms with Crippen LogP contribution in [0.25, 0.3) is 22.8 Å². The molecule has 0 saturated carbocycles. The number of carbonyl (C=O) groups is 2. The van der Waals surface area contributed by atoms with Crippen LogP contribution >= 0.6 is 0 Å². The lowest BCUT2D eigenvalue weighted by Crippen LogP contribution is -2.31. The molecule has 136 valence electrons. The molecule has 0 aliphatic heterocycles. The normalized spacial score (nSPS) is 15.0. The lowest BCUT2D eigenvalue weighted by atomic mass is 9.99. The first kappa shape index (κ1) is 15.9. The second-order valence-electron chi connectivity index (χ2n) is 5.86. The predicted molar refractivity (Wildman–Crippen MR) is 97.7 cm³/mol. The second kappa shape index (κ2) is 6.13. The van der Waals surface area contributed by atoms with Gasteiger partial charge in [0.25, 0.3) is 0 Å². The lowest BCUT2D eigenvalue weighted by molar-refractivity contribution is -0.112. The monoisotopic (exact) mass is 372 g/mol. The van der Waals surface area contributed by atoms with E-state index in [1.807, 2.05) is 0 Å². The molecule has 1 aliphatic rings. The summed E-state index contributed by atoms with van der Waals surface area (Å²) in [6, 6.07) is 6.69. The van der Waals surface area contributed by atoms with Crippen molar-refractivity contribution in [3.8, 4) is 0 Å². The number of Topliss-reactive ketones (excluding diaryl/α,β-unsaturated/α-hetero) is 2. The Bertz CT molecular complexity index is 1020. The first-order valence-electron chi connectivity index (χ1n) is 8.33. The van der Waals surface area contributed by atoms with Crippen LogP contribution in [0.15, 0.2) is 73.8 Å². The van der Waals surface area contributed by atoms with Gasteiger partial charge in [0.05, 0.1) is 0 Å². The summed E-state index contributed by atoms with van der Waals surface area (Å²) in [5.74, 6) is -0.856. The SMILES string of the molecule is O=C1C(n2cccn2)=C(n2cccn2)C(=O)C(n2cccn2)=C1n1cccn1. The third kappa shape index (κ3) is 2.28. The third-order valence-electron chi connectivity index (χ3n) is 4.24. The molecule has 0 N–H and O–H groups in total. The molecule has 0 amide bonds. The van der Waals surface area contributed by atoms with E-state index in [-0.39, 0.29) is 22.8 Å². The Balaban J connectivity index is 1.84. The minimum absolute atomic E-state index is 0.0834. The molecule has 4 aromatic rings. The Morgan fingerprint density at radius 2 is 0.714 bits per heavy atom. The van der Waals surface area contributed by atoms with E-state index in [4.69, 9.17) is 0 Å². The molecule has 0 aromatic carbocycles. The maximum atomic E-state index is 13.6. The number of rotatable bonds is 4. The van der Waals surface area contributed by atoms with Gasteiger partial charge in [-0.3, -0.25) is 9.59 Å². The highest BCUT2D eigenvalue weighted by atomic mass is 16.1. The largest absolute Gasteiger partial charge is 0.285 e. The smallest absolute Gasteiger partial charge is 0.234 e. The summed E-state index contributed by atoms with van der Waals surface area (Å²) in [6.07, 6.45) is 12.5. The van der Waals surface area contributed by atoms with Gasteiger partial charge >= 0.3 is 0 Å². The molecular formula is C18H12N8O2. The lowest BCUT2D eigenvalue weighted by Gasteiger charge is -2.23. The van der Waals surface area contributed by atoms with Gasteiger partial charge in [0.1, 0.15) is 22.8 Å². The van der Waals surface area contributed by atoms with Crippen molar-refractivity contribution in [3.63, 3.8) is 0 Å². The Hall–Kier alpha value is -4.34. The highest BCUT2D eigenvalue weighted by Crippen LogP contribution is 2.34. The number of ketones is 2. The summed E-state index contributed by atoms with van der Waals surface area (Å²) >= 11 is 0. The van der Waals surface area contributed by atoms with Gasteiger partial charge in [0, 0.05) is 49.6 Å². The topological polar surface area (TPSA) is 105 Å². The summed E-state index contributed by atoms with van der Waals surface area (Å²) in [7, 11) is 0. The number of hydrogen-bond acceptors (Lipinski definition) is 6. The summed E-state index contributed by atoms with van der Waals surface area (Å²) in [6.45, 7) is 0. The Morgan fingerprint density at radius 1 is 0.464 bits per heavy atom. The molecule has 10 heteroatoms. The van der Waals surface area contributed by atoms with Crippen molar-refractivity contribution in [2.75, 3.05) is 0 Å². The first-order chi connectivity index (χ1) is 13.8. The Kier molecular flexibility index (Phi) is 3.47. The Morgan fingerprint density at radius 3 is 0.893 bits per heavy atom. The van der Waals surface area contributed by atoms with E-state index in [0.29, 0.717) is 0 Å². The number of allylic oxidation sites excluding steroid dienone is 4. The zero-order valence-electron chi connectivity index (χ0n) is 14.3. The second-order valence-corrected chi connectivity index (χ2v) is 5.86. The van der Waals surface area contributed by atoms with E-state index in [0.717, 1.165) is 0 Å². The van der Waals surface area contributed by atoms with Crippen molar-refractivity contribution in [2.24, 2.45) is 0 Å². The van der Waals surface area contributed by atoms with E-state index in [1.54, 1.807) is 49.1 Å². The van der Waals surface area contributed by atoms with Crippen LogP contribution in [-0.2, 0) is 9.59 Å². The maximum Gasteiger partial charge on any atom is 0.234 e. The minimum atomic E-state index is -0.428. The van der Waals surface area contributed by atoms with Crippen molar-refractivity contribution >= 4 is 34.4 Å². The highest BCUT2D eigenvalue weighted by molar-refractivity contribution is 6.60. The van der Waals surface area contributed by atoms with Gasteiger partial charge in [0.2, 0.25) is 11.6 Å². The van der Waals surface area contributed by atoms with Gasteiger partial charge in [-0.2, -0.15) is 20.4 Å². The fraction of sp³-hybridized carbons (Fsp3) is 0. The van der Waals surface area contributed by atoms with Crippen LogP contribution in [0.1, 0.15) is 0 Å². The van der Waals surface area contributed by atoms with E-state index >= 15 is 0 Å². The molecule has 10 nitrogen and oxygen atoms in total. The molecule has 5 rings (SSSR count). The van der Waals surface area contributed by atoms with Gasteiger partial charge < -0.3 is 0 Å². The molecule has 0 spiro atoms. The van der Waals surface area contributed by atoms with Crippen molar-refractivity contribution in [2.45, 2.75) is 0 Å². The molecule has 0 unspecified atom stereocenters. The first-order valence-corrected chi connectivity index (χ1v) is 8.33. The molecule has 0 radical (unpaired) electrons. The molecule has 28 heavy (non-hydrogen) atoms. The molecular weight excluding hydrogens is 360 g/mol. The minimum Gasteiger partial charge on any atom is -0.285 e. The fourth-order valence-corrected chi connectivity index (χ4v) is 3.11. The van der Waals surface area contributed by atoms with Crippen LogP contribution in [0, 0.1) is 0 Å². The van der Waals surface area contributed by atoms with Crippen LogP contribution < -0.4 is 0 Å². The standard InChI is InChI=1S/C18H12N8O2/c27-17-13(23-9-1-5-19-23)14(24-10-2-6-20-24)18(28)16(26-12-4-8-22-26)15(17)25-11-3-7-21-25/h1-12H. The zero-order valence-corrected chi connectivity index (χ0v) is 14.3.